The lowest BCUT2D eigenvalue weighted by molar-refractivity contribution is 0.232. The van der Waals surface area contributed by atoms with E-state index in [1.54, 1.807) is 30.3 Å². The van der Waals surface area contributed by atoms with E-state index in [2.05, 4.69) is 0 Å². The zero-order chi connectivity index (χ0) is 21.8. The fraction of sp³-hybridized carbons (Fsp3) is 0.182. The Morgan fingerprint density at radius 2 is 1.07 bits per heavy atom. The lowest BCUT2D eigenvalue weighted by Gasteiger charge is -2.33. The Bertz CT molecular complexity index is 1110. The highest BCUT2D eigenvalue weighted by Gasteiger charge is 2.62. The molecule has 0 bridgehead atoms. The van der Waals surface area contributed by atoms with Crippen molar-refractivity contribution < 1.29 is 26.3 Å². The number of sulfone groups is 2. The molecule has 158 valence electrons. The van der Waals surface area contributed by atoms with Crippen LogP contribution < -0.4 is 0 Å². The maximum Gasteiger partial charge on any atom is 0.324 e. The van der Waals surface area contributed by atoms with Gasteiger partial charge in [0, 0.05) is 6.61 Å². The molecule has 0 aliphatic rings. The first-order valence-electron chi connectivity index (χ1n) is 9.21. The lowest BCUT2D eigenvalue weighted by atomic mass is 9.97. The number of rotatable bonds is 8. The van der Waals surface area contributed by atoms with E-state index in [1.165, 1.54) is 36.4 Å². The molecule has 1 atom stereocenters. The van der Waals surface area contributed by atoms with Gasteiger partial charge in [0.05, 0.1) is 15.7 Å². The maximum absolute atomic E-state index is 17.0. The van der Waals surface area contributed by atoms with Gasteiger partial charge < -0.3 is 5.11 Å². The van der Waals surface area contributed by atoms with E-state index in [0.29, 0.717) is 0 Å². The molecule has 3 aromatic rings. The van der Waals surface area contributed by atoms with Gasteiger partial charge in [-0.3, -0.25) is 0 Å². The van der Waals surface area contributed by atoms with Gasteiger partial charge in [-0.15, -0.1) is 0 Å². The van der Waals surface area contributed by atoms with E-state index in [-0.39, 0.29) is 5.56 Å². The van der Waals surface area contributed by atoms with E-state index >= 15 is 4.39 Å². The topological polar surface area (TPSA) is 88.5 Å². The summed E-state index contributed by atoms with van der Waals surface area (Å²) in [6.07, 6.45) is -0.404. The quantitative estimate of drug-likeness (QED) is 0.567. The second-order valence-electron chi connectivity index (χ2n) is 6.69. The molecular formula is C22H21FO5S2. The molecule has 0 fully saturated rings. The predicted molar refractivity (Wildman–Crippen MR) is 112 cm³/mol. The highest BCUT2D eigenvalue weighted by Crippen LogP contribution is 2.48. The van der Waals surface area contributed by atoms with Crippen molar-refractivity contribution in [2.75, 3.05) is 6.61 Å². The van der Waals surface area contributed by atoms with Gasteiger partial charge in [0.1, 0.15) is 0 Å². The van der Waals surface area contributed by atoms with E-state index in [1.807, 2.05) is 0 Å². The Labute approximate surface area is 175 Å². The number of benzene rings is 3. The molecule has 0 aliphatic carbocycles. The molecule has 0 aliphatic heterocycles. The van der Waals surface area contributed by atoms with E-state index in [4.69, 9.17) is 0 Å². The van der Waals surface area contributed by atoms with Crippen molar-refractivity contribution in [2.45, 2.75) is 26.5 Å². The number of hydrogen-bond donors (Lipinski definition) is 1. The molecular weight excluding hydrogens is 427 g/mol. The number of aliphatic hydroxyl groups excluding tert-OH is 1. The van der Waals surface area contributed by atoms with E-state index in [9.17, 15) is 21.9 Å². The molecule has 8 heteroatoms. The molecule has 0 amide bonds. The summed E-state index contributed by atoms with van der Waals surface area (Å²) in [5, 5.41) is 9.58. The molecule has 3 rings (SSSR count). The highest BCUT2D eigenvalue weighted by atomic mass is 32.3. The van der Waals surface area contributed by atoms with Gasteiger partial charge >= 0.3 is 4.33 Å². The molecule has 0 radical (unpaired) electrons. The third-order valence-electron chi connectivity index (χ3n) is 4.88. The smallest absolute Gasteiger partial charge is 0.324 e. The Morgan fingerprint density at radius 1 is 0.700 bits per heavy atom. The van der Waals surface area contributed by atoms with Gasteiger partial charge in [-0.25, -0.2) is 21.2 Å². The van der Waals surface area contributed by atoms with Crippen LogP contribution in [-0.4, -0.2) is 32.9 Å². The Kier molecular flexibility index (Phi) is 6.40. The molecule has 30 heavy (non-hydrogen) atoms. The highest BCUT2D eigenvalue weighted by molar-refractivity contribution is 8.10. The lowest BCUT2D eigenvalue weighted by Crippen LogP contribution is -2.47. The molecule has 1 N–H and O–H groups in total. The Hall–Kier alpha value is -2.55. The summed E-state index contributed by atoms with van der Waals surface area (Å²) in [7, 11) is -10.1. The summed E-state index contributed by atoms with van der Waals surface area (Å²) < 4.78 is 67.3. The van der Waals surface area contributed by atoms with Gasteiger partial charge in [0.2, 0.25) is 19.7 Å². The first-order valence-corrected chi connectivity index (χ1v) is 12.2. The van der Waals surface area contributed by atoms with Crippen LogP contribution in [0.4, 0.5) is 4.39 Å². The van der Waals surface area contributed by atoms with Crippen molar-refractivity contribution in [3.63, 3.8) is 0 Å². The van der Waals surface area contributed by atoms with Crippen LogP contribution >= 0.6 is 0 Å². The zero-order valence-corrected chi connectivity index (χ0v) is 17.6. The second kappa shape index (κ2) is 8.67. The molecule has 0 saturated carbocycles. The van der Waals surface area contributed by atoms with Crippen LogP contribution in [0.3, 0.4) is 0 Å². The maximum atomic E-state index is 17.0. The molecule has 0 saturated heterocycles. The monoisotopic (exact) mass is 448 g/mol. The minimum absolute atomic E-state index is 0.160. The van der Waals surface area contributed by atoms with E-state index in [0.717, 1.165) is 24.3 Å². The summed E-state index contributed by atoms with van der Waals surface area (Å²) in [5.74, 6) is -1.65. The van der Waals surface area contributed by atoms with Gasteiger partial charge in [-0.1, -0.05) is 66.7 Å². The molecule has 3 aromatic carbocycles. The molecule has 0 aromatic heterocycles. The third kappa shape index (κ3) is 3.66. The fourth-order valence-electron chi connectivity index (χ4n) is 3.39. The van der Waals surface area contributed by atoms with Gasteiger partial charge in [0.15, 0.2) is 0 Å². The van der Waals surface area contributed by atoms with Crippen molar-refractivity contribution in [3.8, 4) is 0 Å². The average molecular weight is 449 g/mol. The van der Waals surface area contributed by atoms with Crippen LogP contribution in [0.25, 0.3) is 0 Å². The minimum Gasteiger partial charge on any atom is -0.396 e. The van der Waals surface area contributed by atoms with Crippen LogP contribution in [0, 0.1) is 0 Å². The zero-order valence-electron chi connectivity index (χ0n) is 15.9. The van der Waals surface area contributed by atoms with Gasteiger partial charge in [0.25, 0.3) is 0 Å². The largest absolute Gasteiger partial charge is 0.396 e. The van der Waals surface area contributed by atoms with Crippen molar-refractivity contribution in [3.05, 3.63) is 96.6 Å². The molecule has 0 unspecified atom stereocenters. The molecule has 0 heterocycles. The van der Waals surface area contributed by atoms with Crippen LogP contribution in [0.1, 0.15) is 17.9 Å². The summed E-state index contributed by atoms with van der Waals surface area (Å²) in [4.78, 5) is -0.906. The average Bonchev–Trinajstić information content (AvgIpc) is 2.78. The number of aliphatic hydroxyl groups is 1. The normalized spacial score (nSPS) is 13.7. The summed E-state index contributed by atoms with van der Waals surface area (Å²) in [6.45, 7) is -0.597. The Morgan fingerprint density at radius 3 is 1.43 bits per heavy atom. The van der Waals surface area contributed by atoms with Crippen molar-refractivity contribution in [2.24, 2.45) is 0 Å². The number of alkyl halides is 1. The standard InChI is InChI=1S/C22H21FO5S2/c23-22(29(25,26)19-12-6-2-7-13-19,30(27,28)20-14-8-3-9-15-20)21(16-17-24)18-10-4-1-5-11-18/h1-15,21,24H,16-17H2/t21-/m0/s1. The van der Waals surface area contributed by atoms with Crippen LogP contribution in [0.2, 0.25) is 0 Å². The number of halogens is 1. The van der Waals surface area contributed by atoms with E-state index < -0.39 is 52.7 Å². The Balaban J connectivity index is 2.37. The first-order chi connectivity index (χ1) is 14.3. The van der Waals surface area contributed by atoms with Crippen LogP contribution in [0.5, 0.6) is 0 Å². The number of hydrogen-bond acceptors (Lipinski definition) is 5. The fourth-order valence-corrected chi connectivity index (χ4v) is 8.06. The second-order valence-corrected chi connectivity index (χ2v) is 11.1. The first kappa shape index (κ1) is 22.1. The molecule has 5 nitrogen and oxygen atoms in total. The van der Waals surface area contributed by atoms with Crippen molar-refractivity contribution in [1.82, 2.24) is 0 Å². The van der Waals surface area contributed by atoms with Crippen molar-refractivity contribution in [1.29, 1.82) is 0 Å². The van der Waals surface area contributed by atoms with Gasteiger partial charge in [-0.05, 0) is 36.2 Å². The molecule has 0 spiro atoms. The summed E-state index contributed by atoms with van der Waals surface area (Å²) in [5.41, 5.74) is 0.160. The summed E-state index contributed by atoms with van der Waals surface area (Å²) >= 11 is 0. The third-order valence-corrected chi connectivity index (χ3v) is 10.0. The van der Waals surface area contributed by atoms with Crippen LogP contribution in [-0.2, 0) is 19.7 Å². The van der Waals surface area contributed by atoms with Gasteiger partial charge in [-0.2, -0.15) is 0 Å². The van der Waals surface area contributed by atoms with Crippen LogP contribution in [0.15, 0.2) is 101 Å². The SMILES string of the molecule is O=S(=O)(c1ccccc1)C(F)([C@@H](CCO)c1ccccc1)S(=O)(=O)c1ccccc1. The summed E-state index contributed by atoms with van der Waals surface area (Å²) in [6, 6.07) is 21.0. The minimum atomic E-state index is -5.04. The predicted octanol–water partition coefficient (Wildman–Crippen LogP) is 3.72. The van der Waals surface area contributed by atoms with Crippen molar-refractivity contribution >= 4 is 19.7 Å².